The summed E-state index contributed by atoms with van der Waals surface area (Å²) in [5.74, 6) is -0.290. The molecule has 4 rings (SSSR count). The number of carbonyl (C=O) groups excluding carboxylic acids is 1. The van der Waals surface area contributed by atoms with Gasteiger partial charge in [-0.3, -0.25) is 18.6 Å². The zero-order chi connectivity index (χ0) is 20.5. The molecule has 1 saturated heterocycles. The van der Waals surface area contributed by atoms with E-state index >= 15 is 0 Å². The Morgan fingerprint density at radius 3 is 2.86 bits per heavy atom. The molecule has 1 amide bonds. The van der Waals surface area contributed by atoms with Gasteiger partial charge in [-0.15, -0.1) is 6.58 Å². The van der Waals surface area contributed by atoms with Crippen LogP contribution in [0.2, 0.25) is 5.02 Å². The van der Waals surface area contributed by atoms with E-state index in [1.54, 1.807) is 33.8 Å². The van der Waals surface area contributed by atoms with Crippen molar-refractivity contribution in [1.82, 2.24) is 18.9 Å². The number of piperidine rings is 1. The number of allylic oxidation sites excluding steroid dienone is 1. The van der Waals surface area contributed by atoms with Crippen LogP contribution in [0.1, 0.15) is 23.3 Å². The summed E-state index contributed by atoms with van der Waals surface area (Å²) in [5.41, 5.74) is 1.31. The van der Waals surface area contributed by atoms with Crippen LogP contribution in [0.5, 0.6) is 0 Å². The lowest BCUT2D eigenvalue weighted by molar-refractivity contribution is 0.0469. The number of β-amino-alcohol motifs (C(OH)–C–C–N with tert-alkyl or cyclic N) is 1. The number of hydrogen-bond donors (Lipinski definition) is 1. The van der Waals surface area contributed by atoms with Crippen LogP contribution in [0.25, 0.3) is 16.9 Å². The molecule has 1 aliphatic heterocycles. The van der Waals surface area contributed by atoms with E-state index in [-0.39, 0.29) is 35.9 Å². The summed E-state index contributed by atoms with van der Waals surface area (Å²) in [6, 6.07) is 7.26. The van der Waals surface area contributed by atoms with E-state index in [9.17, 15) is 14.7 Å². The fourth-order valence-corrected chi connectivity index (χ4v) is 3.91. The molecule has 0 bridgehead atoms. The number of aromatic nitrogens is 3. The Kier molecular flexibility index (Phi) is 5.25. The molecule has 8 heteroatoms. The number of fused-ring (bicyclic) bond motifs is 1. The minimum atomic E-state index is -0.527. The second-order valence-corrected chi connectivity index (χ2v) is 7.51. The first kappa shape index (κ1) is 19.4. The molecule has 0 spiro atoms. The molecule has 7 nitrogen and oxygen atoms in total. The van der Waals surface area contributed by atoms with E-state index < -0.39 is 6.10 Å². The van der Waals surface area contributed by atoms with Crippen LogP contribution in [0, 0.1) is 0 Å². The van der Waals surface area contributed by atoms with Crippen molar-refractivity contribution in [1.29, 1.82) is 0 Å². The van der Waals surface area contributed by atoms with E-state index in [4.69, 9.17) is 11.6 Å². The highest BCUT2D eigenvalue weighted by atomic mass is 35.5. The van der Waals surface area contributed by atoms with E-state index in [1.165, 1.54) is 4.57 Å². The summed E-state index contributed by atoms with van der Waals surface area (Å²) in [5, 5.41) is 10.4. The first-order valence-corrected chi connectivity index (χ1v) is 9.83. The third-order valence-corrected chi connectivity index (χ3v) is 5.41. The number of aliphatic hydroxyl groups excluding tert-OH is 1. The first-order chi connectivity index (χ1) is 14.0. The Labute approximate surface area is 172 Å². The maximum atomic E-state index is 13.1. The van der Waals surface area contributed by atoms with Gasteiger partial charge in [-0.1, -0.05) is 35.9 Å². The number of carbonyl (C=O) groups is 1. The van der Waals surface area contributed by atoms with E-state index in [0.717, 1.165) is 6.42 Å². The van der Waals surface area contributed by atoms with Gasteiger partial charge < -0.3 is 10.0 Å². The molecule has 1 aliphatic rings. The average Bonchev–Trinajstić information content (AvgIpc) is 3.14. The van der Waals surface area contributed by atoms with Crippen LogP contribution in [-0.4, -0.2) is 49.1 Å². The van der Waals surface area contributed by atoms with Crippen LogP contribution in [0.3, 0.4) is 0 Å². The monoisotopic (exact) mass is 412 g/mol. The Balaban J connectivity index is 1.84. The van der Waals surface area contributed by atoms with Crippen molar-refractivity contribution in [2.24, 2.45) is 0 Å². The highest BCUT2D eigenvalue weighted by molar-refractivity contribution is 6.33. The largest absolute Gasteiger partial charge is 0.391 e. The molecule has 3 aromatic rings. The normalized spacial score (nSPS) is 16.9. The third kappa shape index (κ3) is 3.59. The third-order valence-electron chi connectivity index (χ3n) is 5.09. The molecule has 1 aromatic carbocycles. The molecule has 150 valence electrons. The van der Waals surface area contributed by atoms with Crippen molar-refractivity contribution < 1.29 is 9.90 Å². The average molecular weight is 413 g/mol. The van der Waals surface area contributed by atoms with Crippen LogP contribution < -0.4 is 5.56 Å². The summed E-state index contributed by atoms with van der Waals surface area (Å²) < 4.78 is 3.10. The molecule has 0 radical (unpaired) electrons. The number of hydrogen-bond acceptors (Lipinski definition) is 4. The molecular formula is C21H21ClN4O3. The minimum Gasteiger partial charge on any atom is -0.391 e. The standard InChI is InChI=1S/C21H21ClN4O3/c1-2-9-26-18(15-7-3-4-8-16(15)22)13-25-12-17(23-19(25)21(26)29)20(28)24-10-5-6-14(27)11-24/h2-4,7-8,12-14,27H,1,5-6,9-11H2/t14-/m1/s1. The van der Waals surface area contributed by atoms with Crippen LogP contribution in [0.4, 0.5) is 0 Å². The Morgan fingerprint density at radius 2 is 2.14 bits per heavy atom. The molecule has 0 unspecified atom stereocenters. The van der Waals surface area contributed by atoms with Crippen molar-refractivity contribution in [2.75, 3.05) is 13.1 Å². The molecule has 29 heavy (non-hydrogen) atoms. The fourth-order valence-electron chi connectivity index (χ4n) is 3.68. The summed E-state index contributed by atoms with van der Waals surface area (Å²) in [7, 11) is 0. The lowest BCUT2D eigenvalue weighted by Gasteiger charge is -2.29. The topological polar surface area (TPSA) is 79.8 Å². The van der Waals surface area contributed by atoms with Gasteiger partial charge in [0.05, 0.1) is 11.8 Å². The van der Waals surface area contributed by atoms with Crippen LogP contribution in [0.15, 0.2) is 54.1 Å². The predicted molar refractivity (Wildman–Crippen MR) is 111 cm³/mol. The predicted octanol–water partition coefficient (Wildman–Crippen LogP) is 2.60. The van der Waals surface area contributed by atoms with Gasteiger partial charge in [0, 0.05) is 42.6 Å². The molecule has 2 aromatic heterocycles. The van der Waals surface area contributed by atoms with Crippen molar-refractivity contribution in [3.05, 3.63) is 70.4 Å². The maximum Gasteiger partial charge on any atom is 0.295 e. The number of imidazole rings is 1. The summed E-state index contributed by atoms with van der Waals surface area (Å²) >= 11 is 6.35. The summed E-state index contributed by atoms with van der Waals surface area (Å²) in [4.78, 5) is 31.8. The second-order valence-electron chi connectivity index (χ2n) is 7.10. The van der Waals surface area contributed by atoms with E-state index in [2.05, 4.69) is 11.6 Å². The Bertz CT molecular complexity index is 1150. The zero-order valence-electron chi connectivity index (χ0n) is 15.8. The fraction of sp³-hybridized carbons (Fsp3) is 0.286. The van der Waals surface area contributed by atoms with Crippen molar-refractivity contribution in [3.63, 3.8) is 0 Å². The summed E-state index contributed by atoms with van der Waals surface area (Å²) in [6.07, 6.45) is 5.82. The lowest BCUT2D eigenvalue weighted by atomic mass is 10.1. The number of nitrogens with zero attached hydrogens (tertiary/aromatic N) is 4. The van der Waals surface area contributed by atoms with Crippen molar-refractivity contribution in [2.45, 2.75) is 25.5 Å². The number of rotatable bonds is 4. The van der Waals surface area contributed by atoms with Gasteiger partial charge in [0.15, 0.2) is 0 Å². The molecule has 0 saturated carbocycles. The zero-order valence-corrected chi connectivity index (χ0v) is 16.5. The molecule has 3 heterocycles. The molecule has 1 N–H and O–H groups in total. The Hall–Kier alpha value is -2.90. The van der Waals surface area contributed by atoms with Crippen LogP contribution in [-0.2, 0) is 6.54 Å². The van der Waals surface area contributed by atoms with Gasteiger partial charge >= 0.3 is 0 Å². The molecular weight excluding hydrogens is 392 g/mol. The van der Waals surface area contributed by atoms with Gasteiger partial charge in [-0.25, -0.2) is 4.98 Å². The van der Waals surface area contributed by atoms with Gasteiger partial charge in [-0.05, 0) is 18.9 Å². The van der Waals surface area contributed by atoms with Gasteiger partial charge in [0.25, 0.3) is 11.5 Å². The van der Waals surface area contributed by atoms with Crippen LogP contribution >= 0.6 is 11.6 Å². The minimum absolute atomic E-state index is 0.156. The number of halogens is 1. The summed E-state index contributed by atoms with van der Waals surface area (Å²) in [6.45, 7) is 4.85. The Morgan fingerprint density at radius 1 is 1.34 bits per heavy atom. The van der Waals surface area contributed by atoms with Crippen molar-refractivity contribution in [3.8, 4) is 11.3 Å². The number of likely N-dealkylation sites (tertiary alicyclic amines) is 1. The first-order valence-electron chi connectivity index (χ1n) is 9.45. The quantitative estimate of drug-likeness (QED) is 0.668. The highest BCUT2D eigenvalue weighted by Gasteiger charge is 2.25. The molecule has 0 aliphatic carbocycles. The molecule has 1 fully saturated rings. The number of benzene rings is 1. The number of amides is 1. The maximum absolute atomic E-state index is 13.1. The van der Waals surface area contributed by atoms with Gasteiger partial charge in [0.1, 0.15) is 5.69 Å². The number of aliphatic hydroxyl groups is 1. The molecule has 1 atom stereocenters. The highest BCUT2D eigenvalue weighted by Crippen LogP contribution is 2.27. The lowest BCUT2D eigenvalue weighted by Crippen LogP contribution is -2.42. The van der Waals surface area contributed by atoms with E-state index in [1.807, 2.05) is 18.2 Å². The van der Waals surface area contributed by atoms with Gasteiger partial charge in [0.2, 0.25) is 5.65 Å². The van der Waals surface area contributed by atoms with Crippen molar-refractivity contribution >= 4 is 23.2 Å². The van der Waals surface area contributed by atoms with E-state index in [0.29, 0.717) is 29.2 Å². The second kappa shape index (κ2) is 7.85. The SMILES string of the molecule is C=CCn1c(-c2ccccc2Cl)cn2cc(C(=O)N3CCC[C@@H](O)C3)nc2c1=O. The smallest absolute Gasteiger partial charge is 0.295 e. The van der Waals surface area contributed by atoms with Gasteiger partial charge in [-0.2, -0.15) is 0 Å².